The van der Waals surface area contributed by atoms with Crippen LogP contribution in [0.4, 0.5) is 4.79 Å². The molecule has 3 aliphatic rings. The van der Waals surface area contributed by atoms with Crippen LogP contribution in [0.5, 0.6) is 11.5 Å². The Hall–Kier alpha value is -4.19. The zero-order chi connectivity index (χ0) is 46.7. The van der Waals surface area contributed by atoms with Gasteiger partial charge in [0.25, 0.3) is 0 Å². The largest absolute Gasteiger partial charge is 0.459 e. The summed E-state index contributed by atoms with van der Waals surface area (Å²) in [6.07, 6.45) is 20.2. The van der Waals surface area contributed by atoms with Gasteiger partial charge < -0.3 is 39.5 Å². The van der Waals surface area contributed by atoms with E-state index in [-0.39, 0.29) is 43.5 Å². The van der Waals surface area contributed by atoms with Gasteiger partial charge in [0, 0.05) is 50.6 Å². The zero-order valence-corrected chi connectivity index (χ0v) is 40.4. The number of allylic oxidation sites excluding steroid dienone is 1. The van der Waals surface area contributed by atoms with Crippen LogP contribution in [-0.4, -0.2) is 76.6 Å². The van der Waals surface area contributed by atoms with Crippen molar-refractivity contribution in [1.82, 2.24) is 10.2 Å². The first-order valence-corrected chi connectivity index (χ1v) is 25.1. The zero-order valence-electron chi connectivity index (χ0n) is 40.4. The molecule has 5 rings (SSSR count). The molecule has 0 bridgehead atoms. The number of hydrogen-bond donors (Lipinski definition) is 3. The molecule has 1 saturated carbocycles. The maximum atomic E-state index is 14.8. The summed E-state index contributed by atoms with van der Waals surface area (Å²) in [5.74, 6) is -0.779. The van der Waals surface area contributed by atoms with E-state index in [9.17, 15) is 19.8 Å². The molecule has 360 valence electrons. The Balaban J connectivity index is 1.62. The molecule has 0 radical (unpaired) electrons. The lowest BCUT2D eigenvalue weighted by Gasteiger charge is -2.60. The SMILES string of the molecule is C=CCOC12Oc3ccc(OC(=O)NCc4ccccc4)cc3C3C(CCCCO)C(CCCCO)C=C(C(=NOC(C)(C)C)CC1N(CCC)C(=O)CCCCCCCCCCC)C32. The van der Waals surface area contributed by atoms with Crippen LogP contribution in [0, 0.1) is 17.8 Å². The van der Waals surface area contributed by atoms with Crippen molar-refractivity contribution in [2.45, 2.75) is 180 Å². The van der Waals surface area contributed by atoms with Gasteiger partial charge in [-0.05, 0) is 100 Å². The van der Waals surface area contributed by atoms with E-state index in [1.165, 1.54) is 38.5 Å². The van der Waals surface area contributed by atoms with Crippen LogP contribution in [0.15, 0.2) is 78.0 Å². The Kier molecular flexibility index (Phi) is 20.9. The van der Waals surface area contributed by atoms with Gasteiger partial charge in [0.2, 0.25) is 11.7 Å². The lowest BCUT2D eigenvalue weighted by molar-refractivity contribution is -0.257. The van der Waals surface area contributed by atoms with Gasteiger partial charge in [-0.2, -0.15) is 0 Å². The number of aliphatic hydroxyl groups excluding tert-OH is 2. The number of nitrogens with zero attached hydrogens (tertiary/aromatic N) is 2. The van der Waals surface area contributed by atoms with E-state index in [4.69, 9.17) is 24.2 Å². The topological polar surface area (TPSA) is 139 Å². The number of benzene rings is 2. The van der Waals surface area contributed by atoms with Gasteiger partial charge in [0.15, 0.2) is 0 Å². The molecule has 1 aliphatic heterocycles. The predicted octanol–water partition coefficient (Wildman–Crippen LogP) is 11.6. The molecule has 0 aromatic heterocycles. The minimum absolute atomic E-state index is 0.0475. The summed E-state index contributed by atoms with van der Waals surface area (Å²) in [5.41, 5.74) is 3.04. The molecule has 6 atom stereocenters. The monoisotopic (exact) mass is 900 g/mol. The third kappa shape index (κ3) is 14.4. The Morgan fingerprint density at radius 2 is 1.60 bits per heavy atom. The third-order valence-electron chi connectivity index (χ3n) is 13.2. The van der Waals surface area contributed by atoms with Crippen molar-refractivity contribution in [2.24, 2.45) is 22.9 Å². The summed E-state index contributed by atoms with van der Waals surface area (Å²) in [4.78, 5) is 36.4. The Labute approximate surface area is 390 Å². The minimum atomic E-state index is -1.33. The van der Waals surface area contributed by atoms with Gasteiger partial charge in [-0.3, -0.25) is 4.79 Å². The third-order valence-corrected chi connectivity index (χ3v) is 13.2. The fourth-order valence-corrected chi connectivity index (χ4v) is 10.2. The van der Waals surface area contributed by atoms with Gasteiger partial charge in [-0.15, -0.1) is 6.58 Å². The molecule has 2 aliphatic carbocycles. The maximum Gasteiger partial charge on any atom is 0.412 e. The average molecular weight is 900 g/mol. The summed E-state index contributed by atoms with van der Waals surface area (Å²) in [5, 5.41) is 27.8. The molecule has 2 aromatic rings. The molecular weight excluding hydrogens is 819 g/mol. The number of oxime groups is 1. The van der Waals surface area contributed by atoms with E-state index in [0.29, 0.717) is 50.3 Å². The molecule has 65 heavy (non-hydrogen) atoms. The highest BCUT2D eigenvalue weighted by Crippen LogP contribution is 2.62. The van der Waals surface area contributed by atoms with E-state index < -0.39 is 29.4 Å². The van der Waals surface area contributed by atoms with Gasteiger partial charge >= 0.3 is 6.09 Å². The number of fused-ring (bicyclic) bond motifs is 2. The van der Waals surface area contributed by atoms with Crippen LogP contribution in [0.1, 0.15) is 167 Å². The fraction of sp³-hybridized carbons (Fsp3) is 0.648. The van der Waals surface area contributed by atoms with Crippen LogP contribution < -0.4 is 14.8 Å². The molecule has 3 N–H and O–H groups in total. The molecule has 11 heteroatoms. The highest BCUT2D eigenvalue weighted by Gasteiger charge is 2.65. The summed E-state index contributed by atoms with van der Waals surface area (Å²) in [6.45, 7) is 15.6. The minimum Gasteiger partial charge on any atom is -0.459 e. The first-order chi connectivity index (χ1) is 31.5. The van der Waals surface area contributed by atoms with E-state index in [2.05, 4.69) is 31.8 Å². The van der Waals surface area contributed by atoms with Gasteiger partial charge in [0.1, 0.15) is 23.1 Å². The lowest BCUT2D eigenvalue weighted by atomic mass is 9.55. The van der Waals surface area contributed by atoms with Crippen molar-refractivity contribution in [3.63, 3.8) is 0 Å². The van der Waals surface area contributed by atoms with Crippen molar-refractivity contribution in [3.05, 3.63) is 84.0 Å². The van der Waals surface area contributed by atoms with Crippen LogP contribution in [0.25, 0.3) is 0 Å². The van der Waals surface area contributed by atoms with E-state index >= 15 is 0 Å². The maximum absolute atomic E-state index is 14.8. The standard InChI is InChI=1S/C54H81N3O8/c1-7-10-11-12-13-14-15-16-20-29-49(60)57(32-8-2)48-38-46(56-65-53(4,5)6)44-36-41(27-21-23-33-58)43(28-22-24-34-59)50-45-37-42(63-52(61)55-39-40-25-18-17-19-26-40)30-31-47(45)64-54(48,51(44)50)62-35-9-3/h9,17-19,25-26,30-31,36-37,41,43,48,50-51,58-59H,3,7-8,10-16,20-24,27-29,32-35,38-39H2,1-2,4-6H3,(H,55,61). The fourth-order valence-electron chi connectivity index (χ4n) is 10.2. The van der Waals surface area contributed by atoms with Crippen molar-refractivity contribution in [2.75, 3.05) is 26.4 Å². The van der Waals surface area contributed by atoms with Gasteiger partial charge in [0.05, 0.1) is 18.2 Å². The van der Waals surface area contributed by atoms with E-state index in [1.807, 2.05) is 68.1 Å². The van der Waals surface area contributed by atoms with Crippen molar-refractivity contribution < 1.29 is 38.9 Å². The molecule has 2 amide bonds. The summed E-state index contributed by atoms with van der Waals surface area (Å²) in [6, 6.07) is 14.7. The molecule has 1 fully saturated rings. The van der Waals surface area contributed by atoms with Crippen molar-refractivity contribution >= 4 is 17.7 Å². The van der Waals surface area contributed by atoms with Crippen LogP contribution in [0.3, 0.4) is 0 Å². The van der Waals surface area contributed by atoms with Gasteiger partial charge in [-0.1, -0.05) is 126 Å². The summed E-state index contributed by atoms with van der Waals surface area (Å²) in [7, 11) is 0. The number of hydrogen-bond acceptors (Lipinski definition) is 9. The Morgan fingerprint density at radius 3 is 2.26 bits per heavy atom. The van der Waals surface area contributed by atoms with Crippen LogP contribution in [0.2, 0.25) is 0 Å². The molecule has 1 heterocycles. The number of nitrogens with one attached hydrogen (secondary N) is 1. The molecule has 0 saturated heterocycles. The number of carbonyl (C=O) groups is 2. The molecular formula is C54H81N3O8. The molecule has 11 nitrogen and oxygen atoms in total. The normalized spacial score (nSPS) is 22.8. The quantitative estimate of drug-likeness (QED) is 0.0436. The first kappa shape index (κ1) is 51.8. The highest BCUT2D eigenvalue weighted by atomic mass is 16.7. The van der Waals surface area contributed by atoms with Gasteiger partial charge in [-0.25, -0.2) is 4.79 Å². The number of carbonyl (C=O) groups excluding carboxylic acids is 2. The smallest absolute Gasteiger partial charge is 0.412 e. The molecule has 2 aromatic carbocycles. The highest BCUT2D eigenvalue weighted by molar-refractivity contribution is 6.03. The summed E-state index contributed by atoms with van der Waals surface area (Å²) >= 11 is 0. The van der Waals surface area contributed by atoms with Crippen molar-refractivity contribution in [3.8, 4) is 11.5 Å². The summed E-state index contributed by atoms with van der Waals surface area (Å²) < 4.78 is 20.5. The average Bonchev–Trinajstić information content (AvgIpc) is 3.29. The Morgan fingerprint density at radius 1 is 0.908 bits per heavy atom. The number of amides is 2. The number of ether oxygens (including phenoxy) is 3. The lowest BCUT2D eigenvalue weighted by Crippen LogP contribution is -2.70. The number of unbranched alkanes of at least 4 members (excludes halogenated alkanes) is 10. The van der Waals surface area contributed by atoms with Crippen LogP contribution in [-0.2, 0) is 20.9 Å². The second-order valence-corrected chi connectivity index (χ2v) is 19.4. The van der Waals surface area contributed by atoms with E-state index in [1.54, 1.807) is 12.1 Å². The van der Waals surface area contributed by atoms with Crippen LogP contribution >= 0.6 is 0 Å². The predicted molar refractivity (Wildman–Crippen MR) is 259 cm³/mol. The molecule has 6 unspecified atom stereocenters. The second kappa shape index (κ2) is 26.2. The molecule has 0 spiro atoms. The Bertz CT molecular complexity index is 1840. The van der Waals surface area contributed by atoms with Crippen molar-refractivity contribution in [1.29, 1.82) is 0 Å². The number of rotatable bonds is 28. The first-order valence-electron chi connectivity index (χ1n) is 25.1. The van der Waals surface area contributed by atoms with E-state index in [0.717, 1.165) is 73.8 Å². The number of aliphatic hydroxyl groups is 2. The second-order valence-electron chi connectivity index (χ2n) is 19.4.